The summed E-state index contributed by atoms with van der Waals surface area (Å²) < 4.78 is 0. The van der Waals surface area contributed by atoms with Gasteiger partial charge < -0.3 is 10.2 Å². The summed E-state index contributed by atoms with van der Waals surface area (Å²) in [6.07, 6.45) is 4.52. The minimum absolute atomic E-state index is 0.0473. The van der Waals surface area contributed by atoms with E-state index in [9.17, 15) is 14.4 Å². The second-order valence-electron chi connectivity index (χ2n) is 6.41. The third kappa shape index (κ3) is 4.78. The third-order valence-electron chi connectivity index (χ3n) is 4.38. The fraction of sp³-hybridized carbons (Fsp3) is 0.368. The molecule has 1 aromatic carbocycles. The van der Waals surface area contributed by atoms with Gasteiger partial charge in [-0.2, -0.15) is 5.10 Å². The van der Waals surface area contributed by atoms with Crippen LogP contribution in [0.15, 0.2) is 41.2 Å². The van der Waals surface area contributed by atoms with E-state index in [-0.39, 0.29) is 23.9 Å². The van der Waals surface area contributed by atoms with Crippen molar-refractivity contribution in [1.29, 1.82) is 0 Å². The molecule has 0 bridgehead atoms. The monoisotopic (exact) mass is 354 g/mol. The molecule has 1 fully saturated rings. The van der Waals surface area contributed by atoms with E-state index in [0.717, 1.165) is 31.2 Å². The summed E-state index contributed by atoms with van der Waals surface area (Å²) in [5.74, 6) is -0.170. The fourth-order valence-electron chi connectivity index (χ4n) is 3.02. The van der Waals surface area contributed by atoms with Gasteiger partial charge in [0, 0.05) is 30.3 Å². The molecule has 2 heterocycles. The lowest BCUT2D eigenvalue weighted by Gasteiger charge is -2.24. The van der Waals surface area contributed by atoms with Crippen molar-refractivity contribution in [2.75, 3.05) is 18.4 Å². The van der Waals surface area contributed by atoms with Crippen molar-refractivity contribution < 1.29 is 9.59 Å². The molecule has 0 spiro atoms. The Morgan fingerprint density at radius 3 is 2.77 bits per heavy atom. The average Bonchev–Trinajstić information content (AvgIpc) is 2.62. The topological polar surface area (TPSA) is 95.2 Å². The zero-order chi connectivity index (χ0) is 18.4. The predicted molar refractivity (Wildman–Crippen MR) is 98.6 cm³/mol. The van der Waals surface area contributed by atoms with Gasteiger partial charge in [0.2, 0.25) is 11.8 Å². The number of nitrogens with one attached hydrogen (secondary N) is 2. The molecule has 2 amide bonds. The van der Waals surface area contributed by atoms with Crippen molar-refractivity contribution in [3.8, 4) is 11.3 Å². The fourth-order valence-corrected chi connectivity index (χ4v) is 3.02. The average molecular weight is 354 g/mol. The van der Waals surface area contributed by atoms with Crippen LogP contribution in [0, 0.1) is 0 Å². The first-order chi connectivity index (χ1) is 12.6. The molecule has 0 radical (unpaired) electrons. The van der Waals surface area contributed by atoms with Gasteiger partial charge in [-0.1, -0.05) is 25.0 Å². The number of carbonyl (C=O) groups is 2. The molecule has 0 saturated carbocycles. The highest BCUT2D eigenvalue weighted by atomic mass is 16.2. The highest BCUT2D eigenvalue weighted by Gasteiger charge is 2.18. The molecule has 7 nitrogen and oxygen atoms in total. The number of aromatic amines is 1. The maximum Gasteiger partial charge on any atom is 0.264 e. The lowest BCUT2D eigenvalue weighted by molar-refractivity contribution is -0.135. The van der Waals surface area contributed by atoms with Crippen molar-refractivity contribution in [1.82, 2.24) is 15.1 Å². The van der Waals surface area contributed by atoms with Gasteiger partial charge in [-0.25, -0.2) is 5.10 Å². The molecule has 0 aliphatic carbocycles. The van der Waals surface area contributed by atoms with Crippen LogP contribution >= 0.6 is 0 Å². The van der Waals surface area contributed by atoms with Crippen molar-refractivity contribution >= 4 is 17.5 Å². The number of carbonyl (C=O) groups excluding carboxylic acids is 2. The van der Waals surface area contributed by atoms with Crippen LogP contribution in [0.4, 0.5) is 5.69 Å². The van der Waals surface area contributed by atoms with E-state index in [4.69, 9.17) is 0 Å². The zero-order valence-electron chi connectivity index (χ0n) is 14.5. The molecular formula is C19H22N4O3. The summed E-state index contributed by atoms with van der Waals surface area (Å²) in [6.45, 7) is 0.702. The Bertz CT molecular complexity index is 826. The first-order valence-corrected chi connectivity index (χ1v) is 8.85. The summed E-state index contributed by atoms with van der Waals surface area (Å²) in [4.78, 5) is 37.2. The van der Waals surface area contributed by atoms with E-state index in [1.807, 2.05) is 6.07 Å². The number of hydrogen-bond donors (Lipinski definition) is 2. The number of amides is 2. The number of anilines is 1. The van der Waals surface area contributed by atoms with Crippen LogP contribution in [0.5, 0.6) is 0 Å². The van der Waals surface area contributed by atoms with Crippen LogP contribution in [0.3, 0.4) is 0 Å². The summed E-state index contributed by atoms with van der Waals surface area (Å²) in [5.41, 5.74) is 1.75. The largest absolute Gasteiger partial charge is 0.333 e. The molecule has 1 saturated heterocycles. The smallest absolute Gasteiger partial charge is 0.264 e. The Morgan fingerprint density at radius 2 is 1.96 bits per heavy atom. The lowest BCUT2D eigenvalue weighted by atomic mass is 10.1. The molecule has 0 atom stereocenters. The number of rotatable bonds is 4. The minimum Gasteiger partial charge on any atom is -0.333 e. The number of benzene rings is 1. The van der Waals surface area contributed by atoms with Gasteiger partial charge in [0.15, 0.2) is 0 Å². The Kier molecular flexibility index (Phi) is 5.78. The van der Waals surface area contributed by atoms with E-state index in [0.29, 0.717) is 24.3 Å². The van der Waals surface area contributed by atoms with Crippen molar-refractivity contribution in [3.63, 3.8) is 0 Å². The van der Waals surface area contributed by atoms with Gasteiger partial charge in [-0.05, 0) is 31.0 Å². The Hall–Kier alpha value is -2.96. The number of nitrogens with zero attached hydrogens (tertiary/aromatic N) is 2. The number of aromatic nitrogens is 2. The molecule has 2 N–H and O–H groups in total. The minimum atomic E-state index is -0.267. The van der Waals surface area contributed by atoms with E-state index in [1.165, 1.54) is 6.07 Å². The Labute approximate surface area is 151 Å². The Balaban J connectivity index is 1.65. The summed E-state index contributed by atoms with van der Waals surface area (Å²) in [6, 6.07) is 10.2. The molecular weight excluding hydrogens is 332 g/mol. The van der Waals surface area contributed by atoms with Gasteiger partial charge in [-0.3, -0.25) is 14.4 Å². The normalized spacial score (nSPS) is 15.2. The lowest BCUT2D eigenvalue weighted by Crippen LogP contribution is -2.39. The van der Waals surface area contributed by atoms with Crippen LogP contribution < -0.4 is 10.9 Å². The molecule has 1 aliphatic rings. The summed E-state index contributed by atoms with van der Waals surface area (Å²) >= 11 is 0. The van der Waals surface area contributed by atoms with Crippen LogP contribution in [0.2, 0.25) is 0 Å². The third-order valence-corrected chi connectivity index (χ3v) is 4.38. The standard InChI is InChI=1S/C19H22N4O3/c24-17-10-9-16(21-22-17)14-6-5-7-15(12-14)20-18(25)13-23-11-4-2-1-3-8-19(23)26/h5-7,9-10,12H,1-4,8,11,13H2,(H,20,25)(H,22,24). The van der Waals surface area contributed by atoms with Crippen LogP contribution in [0.1, 0.15) is 32.1 Å². The van der Waals surface area contributed by atoms with E-state index < -0.39 is 0 Å². The maximum absolute atomic E-state index is 12.3. The van der Waals surface area contributed by atoms with Gasteiger partial charge in [0.05, 0.1) is 12.2 Å². The van der Waals surface area contributed by atoms with E-state index >= 15 is 0 Å². The van der Waals surface area contributed by atoms with Crippen LogP contribution in [0.25, 0.3) is 11.3 Å². The van der Waals surface area contributed by atoms with Gasteiger partial charge in [0.25, 0.3) is 5.56 Å². The molecule has 26 heavy (non-hydrogen) atoms. The molecule has 1 aliphatic heterocycles. The van der Waals surface area contributed by atoms with Crippen molar-refractivity contribution in [3.05, 3.63) is 46.8 Å². The second-order valence-corrected chi connectivity index (χ2v) is 6.41. The SMILES string of the molecule is O=C(CN1CCCCCCC1=O)Nc1cccc(-c2ccc(=O)[nH]n2)c1. The van der Waals surface area contributed by atoms with Gasteiger partial charge >= 0.3 is 0 Å². The molecule has 1 aromatic heterocycles. The molecule has 0 unspecified atom stereocenters. The highest BCUT2D eigenvalue weighted by molar-refractivity contribution is 5.95. The summed E-state index contributed by atoms with van der Waals surface area (Å²) in [5, 5.41) is 9.21. The van der Waals surface area contributed by atoms with E-state index in [2.05, 4.69) is 15.5 Å². The first-order valence-electron chi connectivity index (χ1n) is 8.85. The van der Waals surface area contributed by atoms with Crippen LogP contribution in [-0.4, -0.2) is 40.0 Å². The number of H-pyrrole nitrogens is 1. The van der Waals surface area contributed by atoms with Gasteiger partial charge in [0.1, 0.15) is 0 Å². The molecule has 7 heteroatoms. The zero-order valence-corrected chi connectivity index (χ0v) is 14.5. The van der Waals surface area contributed by atoms with Crippen molar-refractivity contribution in [2.24, 2.45) is 0 Å². The summed E-state index contributed by atoms with van der Waals surface area (Å²) in [7, 11) is 0. The van der Waals surface area contributed by atoms with Crippen molar-refractivity contribution in [2.45, 2.75) is 32.1 Å². The maximum atomic E-state index is 12.3. The molecule has 3 rings (SSSR count). The highest BCUT2D eigenvalue weighted by Crippen LogP contribution is 2.20. The quantitative estimate of drug-likeness (QED) is 0.880. The predicted octanol–water partition coefficient (Wildman–Crippen LogP) is 2.17. The first kappa shape index (κ1) is 17.8. The second kappa shape index (κ2) is 8.42. The Morgan fingerprint density at radius 1 is 1.12 bits per heavy atom. The van der Waals surface area contributed by atoms with Gasteiger partial charge in [-0.15, -0.1) is 0 Å². The van der Waals surface area contributed by atoms with E-state index in [1.54, 1.807) is 29.2 Å². The number of likely N-dealkylation sites (tertiary alicyclic amines) is 1. The molecule has 136 valence electrons. The molecule has 2 aromatic rings. The number of hydrogen-bond acceptors (Lipinski definition) is 4. The van der Waals surface area contributed by atoms with Crippen LogP contribution in [-0.2, 0) is 9.59 Å².